The lowest BCUT2D eigenvalue weighted by molar-refractivity contribution is -0.123. The van der Waals surface area contributed by atoms with E-state index in [1.165, 1.54) is 21.9 Å². The number of rotatable bonds is 2. The van der Waals surface area contributed by atoms with E-state index in [2.05, 4.69) is 41.7 Å². The second kappa shape index (κ2) is 4.09. The Morgan fingerprint density at radius 2 is 1.63 bits per heavy atom. The molecule has 2 heteroatoms. The van der Waals surface area contributed by atoms with Crippen LogP contribution in [-0.4, -0.2) is 11.9 Å². The average molecular weight is 251 g/mol. The van der Waals surface area contributed by atoms with Gasteiger partial charge in [-0.25, -0.2) is 0 Å². The highest BCUT2D eigenvalue weighted by molar-refractivity contribution is 5.90. The zero-order chi connectivity index (χ0) is 12.8. The third kappa shape index (κ3) is 1.92. The largest absolute Gasteiger partial charge is 0.352 e. The van der Waals surface area contributed by atoms with E-state index in [1.54, 1.807) is 0 Å². The molecule has 2 aliphatic carbocycles. The molecule has 2 aliphatic rings. The first-order chi connectivity index (χ1) is 9.31. The highest BCUT2D eigenvalue weighted by atomic mass is 16.2. The Morgan fingerprint density at radius 1 is 1.00 bits per heavy atom. The molecule has 0 aromatic heterocycles. The van der Waals surface area contributed by atoms with Gasteiger partial charge in [0.15, 0.2) is 0 Å². The van der Waals surface area contributed by atoms with Gasteiger partial charge in [-0.05, 0) is 47.6 Å². The van der Waals surface area contributed by atoms with Crippen molar-refractivity contribution in [3.05, 3.63) is 47.5 Å². The molecule has 4 rings (SSSR count). The molecule has 2 aromatic carbocycles. The van der Waals surface area contributed by atoms with Gasteiger partial charge < -0.3 is 5.32 Å². The Balaban J connectivity index is 1.66. The summed E-state index contributed by atoms with van der Waals surface area (Å²) in [6, 6.07) is 13.2. The quantitative estimate of drug-likeness (QED) is 0.873. The van der Waals surface area contributed by atoms with E-state index in [0.717, 1.165) is 25.7 Å². The molecule has 0 bridgehead atoms. The van der Waals surface area contributed by atoms with Crippen molar-refractivity contribution in [2.75, 3.05) is 0 Å². The van der Waals surface area contributed by atoms with E-state index in [0.29, 0.717) is 5.92 Å². The first kappa shape index (κ1) is 11.0. The number of hydrogen-bond donors (Lipinski definition) is 1. The van der Waals surface area contributed by atoms with Crippen LogP contribution in [0.4, 0.5) is 0 Å². The van der Waals surface area contributed by atoms with Crippen LogP contribution in [0, 0.1) is 5.92 Å². The molecule has 0 heterocycles. The Hall–Kier alpha value is -1.83. The van der Waals surface area contributed by atoms with Crippen molar-refractivity contribution in [3.8, 4) is 0 Å². The van der Waals surface area contributed by atoms with Crippen molar-refractivity contribution in [3.63, 3.8) is 0 Å². The summed E-state index contributed by atoms with van der Waals surface area (Å²) in [6.07, 6.45) is 4.08. The molecular weight excluding hydrogens is 234 g/mol. The van der Waals surface area contributed by atoms with E-state index < -0.39 is 0 Å². The minimum Gasteiger partial charge on any atom is -0.352 e. The molecule has 1 fully saturated rings. The Bertz CT molecular complexity index is 617. The summed E-state index contributed by atoms with van der Waals surface area (Å²) in [7, 11) is 0. The van der Waals surface area contributed by atoms with Gasteiger partial charge in [-0.2, -0.15) is 0 Å². The van der Waals surface area contributed by atoms with Crippen molar-refractivity contribution < 1.29 is 4.79 Å². The van der Waals surface area contributed by atoms with Gasteiger partial charge in [0.05, 0.1) is 0 Å². The summed E-state index contributed by atoms with van der Waals surface area (Å²) in [6.45, 7) is 0. The molecule has 1 saturated carbocycles. The maximum absolute atomic E-state index is 11.9. The summed E-state index contributed by atoms with van der Waals surface area (Å²) in [5, 5.41) is 5.95. The lowest BCUT2D eigenvalue weighted by atomic mass is 9.85. The molecule has 2 aromatic rings. The molecule has 0 saturated heterocycles. The van der Waals surface area contributed by atoms with Crippen LogP contribution >= 0.6 is 0 Å². The van der Waals surface area contributed by atoms with Gasteiger partial charge in [0.2, 0.25) is 5.91 Å². The normalized spacial score (nSPS) is 18.5. The first-order valence-corrected chi connectivity index (χ1v) is 7.11. The molecule has 0 spiro atoms. The maximum Gasteiger partial charge on any atom is 0.223 e. The van der Waals surface area contributed by atoms with E-state index in [1.807, 2.05) is 0 Å². The number of carbonyl (C=O) groups excluding carboxylic acids is 1. The van der Waals surface area contributed by atoms with E-state index in [9.17, 15) is 4.79 Å². The SMILES string of the molecule is O=C(NC1Cc2cccc3cccc(c23)C1)C1CC1. The topological polar surface area (TPSA) is 29.1 Å². The van der Waals surface area contributed by atoms with Crippen LogP contribution in [0.25, 0.3) is 10.8 Å². The molecule has 96 valence electrons. The molecular formula is C17H17NO. The second-order valence-corrected chi connectivity index (χ2v) is 5.82. The molecule has 19 heavy (non-hydrogen) atoms. The second-order valence-electron chi connectivity index (χ2n) is 5.82. The zero-order valence-corrected chi connectivity index (χ0v) is 10.9. The van der Waals surface area contributed by atoms with Gasteiger partial charge in [-0.3, -0.25) is 4.79 Å². The van der Waals surface area contributed by atoms with Crippen LogP contribution in [0.3, 0.4) is 0 Å². The van der Waals surface area contributed by atoms with Gasteiger partial charge in [-0.1, -0.05) is 36.4 Å². The molecule has 0 aliphatic heterocycles. The summed E-state index contributed by atoms with van der Waals surface area (Å²) >= 11 is 0. The zero-order valence-electron chi connectivity index (χ0n) is 10.9. The standard InChI is InChI=1S/C17H17NO/c19-17(12-7-8-12)18-15-9-13-5-1-3-11-4-2-6-14(10-15)16(11)13/h1-6,12,15H,7-10H2,(H,18,19). The number of benzene rings is 2. The molecule has 1 N–H and O–H groups in total. The summed E-state index contributed by atoms with van der Waals surface area (Å²) < 4.78 is 0. The van der Waals surface area contributed by atoms with Crippen molar-refractivity contribution >= 4 is 16.7 Å². The number of nitrogens with one attached hydrogen (secondary N) is 1. The number of amides is 1. The van der Waals surface area contributed by atoms with Crippen LogP contribution in [0.15, 0.2) is 36.4 Å². The van der Waals surface area contributed by atoms with E-state index >= 15 is 0 Å². The number of carbonyl (C=O) groups is 1. The third-order valence-corrected chi connectivity index (χ3v) is 4.30. The summed E-state index contributed by atoms with van der Waals surface area (Å²) in [5.74, 6) is 0.560. The first-order valence-electron chi connectivity index (χ1n) is 7.11. The molecule has 0 atom stereocenters. The van der Waals surface area contributed by atoms with Gasteiger partial charge in [0.1, 0.15) is 0 Å². The average Bonchev–Trinajstić information content (AvgIpc) is 3.23. The number of hydrogen-bond acceptors (Lipinski definition) is 1. The molecule has 2 nitrogen and oxygen atoms in total. The lowest BCUT2D eigenvalue weighted by Crippen LogP contribution is -2.40. The van der Waals surface area contributed by atoms with Crippen molar-refractivity contribution in [2.45, 2.75) is 31.7 Å². The fourth-order valence-electron chi connectivity index (χ4n) is 3.21. The van der Waals surface area contributed by atoms with Crippen LogP contribution in [0.5, 0.6) is 0 Å². The van der Waals surface area contributed by atoms with Gasteiger partial charge in [0, 0.05) is 12.0 Å². The van der Waals surface area contributed by atoms with Crippen LogP contribution in [0.2, 0.25) is 0 Å². The van der Waals surface area contributed by atoms with Crippen molar-refractivity contribution in [1.29, 1.82) is 0 Å². The lowest BCUT2D eigenvalue weighted by Gasteiger charge is -2.26. The van der Waals surface area contributed by atoms with Crippen LogP contribution < -0.4 is 5.32 Å². The minimum atomic E-state index is 0.261. The minimum absolute atomic E-state index is 0.261. The van der Waals surface area contributed by atoms with Gasteiger partial charge >= 0.3 is 0 Å². The van der Waals surface area contributed by atoms with E-state index in [4.69, 9.17) is 0 Å². The van der Waals surface area contributed by atoms with Crippen LogP contribution in [0.1, 0.15) is 24.0 Å². The molecule has 0 radical (unpaired) electrons. The van der Waals surface area contributed by atoms with Gasteiger partial charge in [0.25, 0.3) is 0 Å². The molecule has 0 unspecified atom stereocenters. The third-order valence-electron chi connectivity index (χ3n) is 4.30. The predicted octanol–water partition coefficient (Wildman–Crippen LogP) is 2.83. The Morgan fingerprint density at radius 3 is 2.21 bits per heavy atom. The highest BCUT2D eigenvalue weighted by Gasteiger charge is 2.31. The predicted molar refractivity (Wildman–Crippen MR) is 76.0 cm³/mol. The summed E-state index contributed by atoms with van der Waals surface area (Å²) in [5.41, 5.74) is 2.75. The Labute approximate surface area is 112 Å². The molecule has 1 amide bonds. The Kier molecular flexibility index (Phi) is 2.37. The summed E-state index contributed by atoms with van der Waals surface area (Å²) in [4.78, 5) is 11.9. The highest BCUT2D eigenvalue weighted by Crippen LogP contribution is 2.32. The van der Waals surface area contributed by atoms with Gasteiger partial charge in [-0.15, -0.1) is 0 Å². The monoisotopic (exact) mass is 251 g/mol. The fraction of sp³-hybridized carbons (Fsp3) is 0.353. The maximum atomic E-state index is 11.9. The van der Waals surface area contributed by atoms with Crippen molar-refractivity contribution in [1.82, 2.24) is 5.32 Å². The van der Waals surface area contributed by atoms with Crippen molar-refractivity contribution in [2.24, 2.45) is 5.92 Å². The van der Waals surface area contributed by atoms with E-state index in [-0.39, 0.29) is 11.9 Å². The van der Waals surface area contributed by atoms with Crippen LogP contribution in [-0.2, 0) is 17.6 Å². The smallest absolute Gasteiger partial charge is 0.223 e. The fourth-order valence-corrected chi connectivity index (χ4v) is 3.21.